The minimum Gasteiger partial charge on any atom is -0.495 e. The molecule has 0 fully saturated rings. The maximum Gasteiger partial charge on any atom is 0.319 e. The lowest BCUT2D eigenvalue weighted by Gasteiger charge is -2.29. The summed E-state index contributed by atoms with van der Waals surface area (Å²) < 4.78 is 6.15. The van der Waals surface area contributed by atoms with E-state index >= 15 is 0 Å². The Hall–Kier alpha value is -2.80. The number of benzene rings is 2. The molecule has 0 bridgehead atoms. The number of rotatable bonds is 4. The molecule has 6 nitrogen and oxygen atoms in total. The van der Waals surface area contributed by atoms with Crippen LogP contribution >= 0.6 is 15.9 Å². The van der Waals surface area contributed by atoms with Gasteiger partial charge >= 0.3 is 6.03 Å². The third kappa shape index (κ3) is 3.72. The third-order valence-corrected chi connectivity index (χ3v) is 4.54. The van der Waals surface area contributed by atoms with E-state index in [-0.39, 0.29) is 11.9 Å². The Labute approximate surface area is 159 Å². The summed E-state index contributed by atoms with van der Waals surface area (Å²) in [7, 11) is 1.54. The molecule has 0 unspecified atom stereocenters. The van der Waals surface area contributed by atoms with Crippen LogP contribution in [0.5, 0.6) is 5.75 Å². The fraction of sp³-hybridized carbons (Fsp3) is 0.158. The first-order valence-electron chi connectivity index (χ1n) is 7.97. The van der Waals surface area contributed by atoms with Crippen LogP contribution in [0.15, 0.2) is 64.3 Å². The van der Waals surface area contributed by atoms with E-state index in [9.17, 15) is 9.59 Å². The molecule has 0 saturated carbocycles. The van der Waals surface area contributed by atoms with Gasteiger partial charge in [-0.1, -0.05) is 40.2 Å². The Bertz CT molecular complexity index is 895. The van der Waals surface area contributed by atoms with Crippen molar-refractivity contribution in [1.82, 2.24) is 10.6 Å². The Morgan fingerprint density at radius 3 is 2.69 bits per heavy atom. The summed E-state index contributed by atoms with van der Waals surface area (Å²) in [5.41, 5.74) is 2.31. The first-order chi connectivity index (χ1) is 12.5. The minimum atomic E-state index is -0.559. The van der Waals surface area contributed by atoms with Crippen LogP contribution in [0.1, 0.15) is 18.5 Å². The number of amides is 3. The zero-order valence-electron chi connectivity index (χ0n) is 14.3. The van der Waals surface area contributed by atoms with E-state index in [0.717, 1.165) is 10.0 Å². The Kier molecular flexibility index (Phi) is 5.27. The zero-order chi connectivity index (χ0) is 18.7. The van der Waals surface area contributed by atoms with E-state index in [1.807, 2.05) is 36.4 Å². The second-order valence-corrected chi connectivity index (χ2v) is 6.70. The molecule has 2 aromatic rings. The van der Waals surface area contributed by atoms with Crippen LogP contribution in [0.2, 0.25) is 0 Å². The summed E-state index contributed by atoms with van der Waals surface area (Å²) in [6, 6.07) is 13.7. The van der Waals surface area contributed by atoms with Crippen molar-refractivity contribution in [3.63, 3.8) is 0 Å². The largest absolute Gasteiger partial charge is 0.495 e. The zero-order valence-corrected chi connectivity index (χ0v) is 15.9. The number of nitrogens with one attached hydrogen (secondary N) is 3. The van der Waals surface area contributed by atoms with Gasteiger partial charge in [0.2, 0.25) is 0 Å². The number of halogens is 1. The van der Waals surface area contributed by atoms with Gasteiger partial charge < -0.3 is 20.7 Å². The second kappa shape index (κ2) is 7.61. The summed E-state index contributed by atoms with van der Waals surface area (Å²) in [5, 5.41) is 8.35. The van der Waals surface area contributed by atoms with E-state index in [4.69, 9.17) is 4.74 Å². The first kappa shape index (κ1) is 18.0. The lowest BCUT2D eigenvalue weighted by Crippen LogP contribution is -2.46. The van der Waals surface area contributed by atoms with E-state index in [1.165, 1.54) is 0 Å². The van der Waals surface area contributed by atoms with Gasteiger partial charge in [-0.25, -0.2) is 4.79 Å². The maximum absolute atomic E-state index is 13.0. The molecule has 7 heteroatoms. The highest BCUT2D eigenvalue weighted by Gasteiger charge is 2.31. The van der Waals surface area contributed by atoms with Crippen LogP contribution in [0.4, 0.5) is 10.5 Å². The van der Waals surface area contributed by atoms with Crippen LogP contribution < -0.4 is 20.7 Å². The fourth-order valence-corrected chi connectivity index (χ4v) is 3.29. The van der Waals surface area contributed by atoms with Crippen LogP contribution in [0.25, 0.3) is 0 Å². The topological polar surface area (TPSA) is 79.5 Å². The summed E-state index contributed by atoms with van der Waals surface area (Å²) in [6.07, 6.45) is 0. The number of ether oxygens (including phenoxy) is 1. The lowest BCUT2D eigenvalue weighted by atomic mass is 9.95. The minimum absolute atomic E-state index is 0.315. The molecule has 0 saturated heterocycles. The molecule has 1 aliphatic rings. The van der Waals surface area contributed by atoms with Crippen molar-refractivity contribution in [2.45, 2.75) is 13.0 Å². The molecule has 134 valence electrons. The Morgan fingerprint density at radius 2 is 1.96 bits per heavy atom. The van der Waals surface area contributed by atoms with E-state index in [0.29, 0.717) is 22.7 Å². The molecule has 2 aromatic carbocycles. The molecule has 0 spiro atoms. The number of hydrogen-bond donors (Lipinski definition) is 3. The van der Waals surface area contributed by atoms with Gasteiger partial charge in [-0.2, -0.15) is 0 Å². The lowest BCUT2D eigenvalue weighted by molar-refractivity contribution is -0.113. The van der Waals surface area contributed by atoms with Gasteiger partial charge in [0, 0.05) is 10.2 Å². The number of hydrogen-bond acceptors (Lipinski definition) is 3. The van der Waals surface area contributed by atoms with Gasteiger partial charge in [-0.05, 0) is 36.8 Å². The Morgan fingerprint density at radius 1 is 1.19 bits per heavy atom. The molecule has 26 heavy (non-hydrogen) atoms. The van der Waals surface area contributed by atoms with Crippen molar-refractivity contribution in [3.8, 4) is 5.75 Å². The number of urea groups is 1. The van der Waals surface area contributed by atoms with Gasteiger partial charge in [0.15, 0.2) is 0 Å². The fourth-order valence-electron chi connectivity index (χ4n) is 2.87. The number of allylic oxidation sites excluding steroid dienone is 1. The number of carbonyl (C=O) groups excluding carboxylic acids is 2. The van der Waals surface area contributed by atoms with Crippen LogP contribution in [0, 0.1) is 0 Å². The maximum atomic E-state index is 13.0. The SMILES string of the molecule is COc1ccccc1NC(=O)C1=C(C)NC(=O)N[C@H]1c1cccc(Br)c1. The number of anilines is 1. The van der Waals surface area contributed by atoms with Gasteiger partial charge in [-0.15, -0.1) is 0 Å². The number of carbonyl (C=O) groups is 2. The van der Waals surface area contributed by atoms with Crippen molar-refractivity contribution >= 4 is 33.6 Å². The monoisotopic (exact) mass is 415 g/mol. The molecule has 1 heterocycles. The highest BCUT2D eigenvalue weighted by Crippen LogP contribution is 2.30. The van der Waals surface area contributed by atoms with Gasteiger partial charge in [0.25, 0.3) is 5.91 Å². The van der Waals surface area contributed by atoms with Crippen LogP contribution in [-0.2, 0) is 4.79 Å². The molecule has 3 rings (SSSR count). The summed E-state index contributed by atoms with van der Waals surface area (Å²) >= 11 is 3.43. The van der Waals surface area contributed by atoms with Crippen molar-refractivity contribution in [2.75, 3.05) is 12.4 Å². The van der Waals surface area contributed by atoms with E-state index in [1.54, 1.807) is 26.2 Å². The Balaban J connectivity index is 1.97. The third-order valence-electron chi connectivity index (χ3n) is 4.05. The summed E-state index contributed by atoms with van der Waals surface area (Å²) in [6.45, 7) is 1.71. The molecule has 0 aromatic heterocycles. The van der Waals surface area contributed by atoms with Crippen molar-refractivity contribution in [3.05, 3.63) is 69.8 Å². The highest BCUT2D eigenvalue weighted by atomic mass is 79.9. The smallest absolute Gasteiger partial charge is 0.319 e. The van der Waals surface area contributed by atoms with Crippen molar-refractivity contribution in [2.24, 2.45) is 0 Å². The second-order valence-electron chi connectivity index (χ2n) is 5.78. The average Bonchev–Trinajstić information content (AvgIpc) is 2.61. The average molecular weight is 416 g/mol. The van der Waals surface area contributed by atoms with Gasteiger partial charge in [0.1, 0.15) is 5.75 Å². The quantitative estimate of drug-likeness (QED) is 0.711. The van der Waals surface area contributed by atoms with E-state index < -0.39 is 6.04 Å². The molecular formula is C19H18BrN3O3. The molecular weight excluding hydrogens is 398 g/mol. The number of para-hydroxylation sites is 2. The predicted octanol–water partition coefficient (Wildman–Crippen LogP) is 3.72. The van der Waals surface area contributed by atoms with Crippen LogP contribution in [-0.4, -0.2) is 19.0 Å². The molecule has 3 N–H and O–H groups in total. The van der Waals surface area contributed by atoms with Crippen molar-refractivity contribution < 1.29 is 14.3 Å². The van der Waals surface area contributed by atoms with E-state index in [2.05, 4.69) is 31.9 Å². The highest BCUT2D eigenvalue weighted by molar-refractivity contribution is 9.10. The molecule has 1 atom stereocenters. The predicted molar refractivity (Wildman–Crippen MR) is 103 cm³/mol. The molecule has 0 radical (unpaired) electrons. The molecule has 3 amide bonds. The van der Waals surface area contributed by atoms with Crippen LogP contribution in [0.3, 0.4) is 0 Å². The summed E-state index contributed by atoms with van der Waals surface area (Å²) in [4.78, 5) is 24.9. The number of methoxy groups -OCH3 is 1. The van der Waals surface area contributed by atoms with Gasteiger partial charge in [0.05, 0.1) is 24.4 Å². The molecule has 1 aliphatic heterocycles. The normalized spacial score (nSPS) is 16.6. The van der Waals surface area contributed by atoms with Gasteiger partial charge in [-0.3, -0.25) is 4.79 Å². The molecule has 0 aliphatic carbocycles. The summed E-state index contributed by atoms with van der Waals surface area (Å²) in [5.74, 6) is 0.246. The van der Waals surface area contributed by atoms with Crippen molar-refractivity contribution in [1.29, 1.82) is 0 Å². The first-order valence-corrected chi connectivity index (χ1v) is 8.77. The standard InChI is InChI=1S/C19H18BrN3O3/c1-11-16(18(24)22-14-8-3-4-9-15(14)26-2)17(23-19(25)21-11)12-6-5-7-13(20)10-12/h3-10,17H,1-2H3,(H,22,24)(H2,21,23,25)/t17-/m0/s1.